The zero-order chi connectivity index (χ0) is 15.2. The number of hydrogen-bond donors (Lipinski definition) is 0. The highest BCUT2D eigenvalue weighted by Crippen LogP contribution is 2.17. The van der Waals surface area contributed by atoms with Crippen LogP contribution in [0.1, 0.15) is 22.8 Å². The summed E-state index contributed by atoms with van der Waals surface area (Å²) in [6.45, 7) is 2.92. The van der Waals surface area contributed by atoms with Gasteiger partial charge in [-0.05, 0) is 55.1 Å². The summed E-state index contributed by atoms with van der Waals surface area (Å²) in [5.74, 6) is -0.310. The number of halogens is 1. The van der Waals surface area contributed by atoms with E-state index in [2.05, 4.69) is 0 Å². The van der Waals surface area contributed by atoms with Crippen molar-refractivity contribution in [3.05, 3.63) is 65.5 Å². The Kier molecular flexibility index (Phi) is 5.39. The van der Waals surface area contributed by atoms with Crippen LogP contribution in [0.25, 0.3) is 0 Å². The van der Waals surface area contributed by atoms with Gasteiger partial charge in [-0.3, -0.25) is 4.79 Å². The highest BCUT2D eigenvalue weighted by Gasteiger charge is 2.14. The maximum atomic E-state index is 13.2. The lowest BCUT2D eigenvalue weighted by molar-refractivity contribution is 0.0752. The first-order valence-electron chi connectivity index (χ1n) is 6.81. The molecule has 0 saturated heterocycles. The van der Waals surface area contributed by atoms with Crippen molar-refractivity contribution >= 4 is 17.7 Å². The first-order chi connectivity index (χ1) is 10.1. The monoisotopic (exact) mass is 303 g/mol. The van der Waals surface area contributed by atoms with Gasteiger partial charge in [-0.1, -0.05) is 12.1 Å². The van der Waals surface area contributed by atoms with Crippen molar-refractivity contribution in [3.8, 4) is 0 Å². The van der Waals surface area contributed by atoms with Crippen LogP contribution in [0.4, 0.5) is 4.39 Å². The van der Waals surface area contributed by atoms with E-state index in [9.17, 15) is 9.18 Å². The molecule has 4 heteroatoms. The first-order valence-corrected chi connectivity index (χ1v) is 8.04. The van der Waals surface area contributed by atoms with Crippen LogP contribution in [0, 0.1) is 5.82 Å². The molecule has 0 aliphatic carbocycles. The molecule has 2 rings (SSSR count). The summed E-state index contributed by atoms with van der Waals surface area (Å²) in [6, 6.07) is 13.9. The Morgan fingerprint density at radius 1 is 1.19 bits per heavy atom. The quantitative estimate of drug-likeness (QED) is 0.771. The maximum absolute atomic E-state index is 13.2. The molecular weight excluding hydrogens is 285 g/mol. The Morgan fingerprint density at radius 3 is 2.48 bits per heavy atom. The van der Waals surface area contributed by atoms with E-state index in [0.29, 0.717) is 18.7 Å². The van der Waals surface area contributed by atoms with Crippen molar-refractivity contribution in [1.29, 1.82) is 0 Å². The number of benzene rings is 2. The molecule has 0 spiro atoms. The molecule has 21 heavy (non-hydrogen) atoms. The van der Waals surface area contributed by atoms with Gasteiger partial charge in [0.15, 0.2) is 0 Å². The van der Waals surface area contributed by atoms with Crippen LogP contribution in [-0.2, 0) is 6.54 Å². The van der Waals surface area contributed by atoms with E-state index in [1.54, 1.807) is 22.7 Å². The van der Waals surface area contributed by atoms with Crippen molar-refractivity contribution in [2.45, 2.75) is 18.4 Å². The molecule has 0 unspecified atom stereocenters. The van der Waals surface area contributed by atoms with Gasteiger partial charge in [-0.25, -0.2) is 4.39 Å². The predicted octanol–water partition coefficient (Wildman–Crippen LogP) is 4.21. The van der Waals surface area contributed by atoms with Crippen molar-refractivity contribution in [1.82, 2.24) is 4.90 Å². The predicted molar refractivity (Wildman–Crippen MR) is 85.0 cm³/mol. The van der Waals surface area contributed by atoms with E-state index in [1.165, 1.54) is 12.1 Å². The second-order valence-corrected chi connectivity index (χ2v) is 5.56. The van der Waals surface area contributed by atoms with Crippen LogP contribution < -0.4 is 0 Å². The molecular formula is C17H18FNOS. The van der Waals surface area contributed by atoms with Crippen LogP contribution in [0.2, 0.25) is 0 Å². The smallest absolute Gasteiger partial charge is 0.254 e. The number of rotatable bonds is 5. The Hall–Kier alpha value is -1.81. The van der Waals surface area contributed by atoms with Gasteiger partial charge in [0.25, 0.3) is 5.91 Å². The number of amides is 1. The van der Waals surface area contributed by atoms with E-state index in [-0.39, 0.29) is 11.7 Å². The van der Waals surface area contributed by atoms with Crippen LogP contribution in [-0.4, -0.2) is 23.6 Å². The summed E-state index contributed by atoms with van der Waals surface area (Å²) >= 11 is 1.64. The third-order valence-corrected chi connectivity index (χ3v) is 4.01. The fourth-order valence-corrected chi connectivity index (χ4v) is 2.51. The summed E-state index contributed by atoms with van der Waals surface area (Å²) in [5.41, 5.74) is 1.46. The number of thioether (sulfide) groups is 1. The zero-order valence-electron chi connectivity index (χ0n) is 12.2. The molecule has 110 valence electrons. The third kappa shape index (κ3) is 4.08. The molecule has 2 aromatic rings. The van der Waals surface area contributed by atoms with Crippen LogP contribution in [0.5, 0.6) is 0 Å². The van der Waals surface area contributed by atoms with E-state index in [4.69, 9.17) is 0 Å². The average molecular weight is 303 g/mol. The highest BCUT2D eigenvalue weighted by molar-refractivity contribution is 7.98. The van der Waals surface area contributed by atoms with E-state index in [0.717, 1.165) is 10.5 Å². The number of carbonyl (C=O) groups is 1. The molecule has 0 saturated carbocycles. The fourth-order valence-electron chi connectivity index (χ4n) is 2.10. The molecule has 0 fully saturated rings. The number of hydrogen-bond acceptors (Lipinski definition) is 2. The normalized spacial score (nSPS) is 10.4. The number of carbonyl (C=O) groups excluding carboxylic acids is 1. The molecule has 0 aliphatic rings. The molecule has 0 aromatic heterocycles. The molecule has 2 aromatic carbocycles. The van der Waals surface area contributed by atoms with Gasteiger partial charge in [0, 0.05) is 23.5 Å². The summed E-state index contributed by atoms with van der Waals surface area (Å²) in [4.78, 5) is 15.3. The number of nitrogens with zero attached hydrogens (tertiary/aromatic N) is 1. The van der Waals surface area contributed by atoms with Crippen molar-refractivity contribution in [2.75, 3.05) is 12.8 Å². The summed E-state index contributed by atoms with van der Waals surface area (Å²) in [7, 11) is 0. The van der Waals surface area contributed by atoms with Crippen molar-refractivity contribution in [2.24, 2.45) is 0 Å². The Bertz CT molecular complexity index is 612. The molecule has 0 radical (unpaired) electrons. The molecule has 0 N–H and O–H groups in total. The van der Waals surface area contributed by atoms with Gasteiger partial charge in [-0.15, -0.1) is 11.8 Å². The van der Waals surface area contributed by atoms with E-state index >= 15 is 0 Å². The SMILES string of the molecule is CCN(Cc1cccc(F)c1)C(=O)c1ccc(SC)cc1. The lowest BCUT2D eigenvalue weighted by Gasteiger charge is -2.21. The fraction of sp³-hybridized carbons (Fsp3) is 0.235. The van der Waals surface area contributed by atoms with Crippen molar-refractivity contribution in [3.63, 3.8) is 0 Å². The Morgan fingerprint density at radius 2 is 1.90 bits per heavy atom. The summed E-state index contributed by atoms with van der Waals surface area (Å²) in [6.07, 6.45) is 2.00. The topological polar surface area (TPSA) is 20.3 Å². The van der Waals surface area contributed by atoms with Crippen LogP contribution in [0.15, 0.2) is 53.4 Å². The van der Waals surface area contributed by atoms with Gasteiger partial charge in [-0.2, -0.15) is 0 Å². The minimum absolute atomic E-state index is 0.0329. The average Bonchev–Trinajstić information content (AvgIpc) is 2.52. The van der Waals surface area contributed by atoms with Gasteiger partial charge in [0.05, 0.1) is 0 Å². The molecule has 1 amide bonds. The van der Waals surface area contributed by atoms with E-state index < -0.39 is 0 Å². The first kappa shape index (κ1) is 15.6. The molecule has 0 bridgehead atoms. The van der Waals surface area contributed by atoms with Crippen LogP contribution in [0.3, 0.4) is 0 Å². The minimum atomic E-state index is -0.277. The van der Waals surface area contributed by atoms with Crippen LogP contribution >= 0.6 is 11.8 Å². The molecule has 0 aliphatic heterocycles. The molecule has 2 nitrogen and oxygen atoms in total. The minimum Gasteiger partial charge on any atom is -0.335 e. The van der Waals surface area contributed by atoms with Gasteiger partial charge in [0.2, 0.25) is 0 Å². The Labute approximate surface area is 129 Å². The summed E-state index contributed by atoms with van der Waals surface area (Å²) < 4.78 is 13.2. The maximum Gasteiger partial charge on any atom is 0.254 e. The summed E-state index contributed by atoms with van der Waals surface area (Å²) in [5, 5.41) is 0. The van der Waals surface area contributed by atoms with Gasteiger partial charge < -0.3 is 4.90 Å². The van der Waals surface area contributed by atoms with Gasteiger partial charge >= 0.3 is 0 Å². The highest BCUT2D eigenvalue weighted by atomic mass is 32.2. The second kappa shape index (κ2) is 7.27. The molecule has 0 heterocycles. The van der Waals surface area contributed by atoms with E-state index in [1.807, 2.05) is 43.5 Å². The Balaban J connectivity index is 2.14. The zero-order valence-corrected chi connectivity index (χ0v) is 13.0. The second-order valence-electron chi connectivity index (χ2n) is 4.68. The van der Waals surface area contributed by atoms with Crippen molar-refractivity contribution < 1.29 is 9.18 Å². The standard InChI is InChI=1S/C17H18FNOS/c1-3-19(12-13-5-4-6-15(18)11-13)17(20)14-7-9-16(21-2)10-8-14/h4-11H,3,12H2,1-2H3. The lowest BCUT2D eigenvalue weighted by atomic mass is 10.1. The lowest BCUT2D eigenvalue weighted by Crippen LogP contribution is -2.30. The third-order valence-electron chi connectivity index (χ3n) is 3.27. The largest absolute Gasteiger partial charge is 0.335 e. The molecule has 0 atom stereocenters. The van der Waals surface area contributed by atoms with Gasteiger partial charge in [0.1, 0.15) is 5.82 Å².